The highest BCUT2D eigenvalue weighted by atomic mass is 15.1. The summed E-state index contributed by atoms with van der Waals surface area (Å²) in [6.45, 7) is 6.92. The van der Waals surface area contributed by atoms with E-state index in [4.69, 9.17) is 4.98 Å². The molecule has 0 atom stereocenters. The minimum atomic E-state index is 1.04. The zero-order chi connectivity index (χ0) is 16.4. The molecule has 0 unspecified atom stereocenters. The maximum absolute atomic E-state index is 4.97. The molecule has 0 amide bonds. The number of nitrogens with zero attached hydrogens (tertiary/aromatic N) is 2. The third-order valence-electron chi connectivity index (χ3n) is 5.60. The molecule has 3 heteroatoms. The van der Waals surface area contributed by atoms with Gasteiger partial charge in [-0.15, -0.1) is 0 Å². The van der Waals surface area contributed by atoms with Crippen LogP contribution >= 0.6 is 0 Å². The SMILES string of the molecule is Cc1ccc2nc3c(c(NCCN4CCCCC4)c2c1)CCCC3. The Morgan fingerprint density at radius 3 is 2.75 bits per heavy atom. The van der Waals surface area contributed by atoms with E-state index in [1.165, 1.54) is 79.5 Å². The van der Waals surface area contributed by atoms with Crippen molar-refractivity contribution in [3.8, 4) is 0 Å². The molecule has 0 saturated carbocycles. The van der Waals surface area contributed by atoms with Gasteiger partial charge in [-0.2, -0.15) is 0 Å². The van der Waals surface area contributed by atoms with Crippen LogP contribution in [0.3, 0.4) is 0 Å². The number of hydrogen-bond donors (Lipinski definition) is 1. The lowest BCUT2D eigenvalue weighted by Crippen LogP contribution is -2.33. The van der Waals surface area contributed by atoms with Crippen LogP contribution in [-0.4, -0.2) is 36.1 Å². The Kier molecular flexibility index (Phi) is 4.70. The van der Waals surface area contributed by atoms with Crippen molar-refractivity contribution in [3.05, 3.63) is 35.0 Å². The van der Waals surface area contributed by atoms with Crippen LogP contribution in [0, 0.1) is 6.92 Å². The molecule has 2 heterocycles. The second kappa shape index (κ2) is 7.10. The summed E-state index contributed by atoms with van der Waals surface area (Å²) in [5.74, 6) is 0. The summed E-state index contributed by atoms with van der Waals surface area (Å²) in [5.41, 5.74) is 6.66. The zero-order valence-electron chi connectivity index (χ0n) is 14.9. The molecule has 4 rings (SSSR count). The lowest BCUT2D eigenvalue weighted by Gasteiger charge is -2.27. The minimum Gasteiger partial charge on any atom is -0.383 e. The number of aryl methyl sites for hydroxylation is 2. The maximum Gasteiger partial charge on any atom is 0.0726 e. The van der Waals surface area contributed by atoms with Gasteiger partial charge in [0.2, 0.25) is 0 Å². The lowest BCUT2D eigenvalue weighted by molar-refractivity contribution is 0.237. The van der Waals surface area contributed by atoms with Crippen molar-refractivity contribution < 1.29 is 0 Å². The fourth-order valence-electron chi connectivity index (χ4n) is 4.26. The number of hydrogen-bond acceptors (Lipinski definition) is 3. The van der Waals surface area contributed by atoms with Crippen molar-refractivity contribution in [3.63, 3.8) is 0 Å². The average Bonchev–Trinajstić information content (AvgIpc) is 2.62. The van der Waals surface area contributed by atoms with E-state index in [0.717, 1.165) is 25.0 Å². The zero-order valence-corrected chi connectivity index (χ0v) is 14.9. The van der Waals surface area contributed by atoms with Crippen molar-refractivity contribution in [2.45, 2.75) is 51.9 Å². The van der Waals surface area contributed by atoms with Gasteiger partial charge in [-0.25, -0.2) is 0 Å². The monoisotopic (exact) mass is 323 g/mol. The number of piperidine rings is 1. The van der Waals surface area contributed by atoms with Crippen LogP contribution in [0.2, 0.25) is 0 Å². The highest BCUT2D eigenvalue weighted by Gasteiger charge is 2.18. The lowest BCUT2D eigenvalue weighted by atomic mass is 9.92. The first-order valence-electron chi connectivity index (χ1n) is 9.69. The first-order chi connectivity index (χ1) is 11.8. The standard InChI is InChI=1S/C21H29N3/c1-16-9-10-20-18(15-16)21(17-7-3-4-8-19(17)23-20)22-11-14-24-12-5-2-6-13-24/h9-10,15H,2-8,11-14H2,1H3,(H,22,23). The number of pyridine rings is 1. The van der Waals surface area contributed by atoms with Gasteiger partial charge >= 0.3 is 0 Å². The minimum absolute atomic E-state index is 1.04. The number of likely N-dealkylation sites (tertiary alicyclic amines) is 1. The van der Waals surface area contributed by atoms with Gasteiger partial charge in [-0.3, -0.25) is 4.98 Å². The number of aromatic nitrogens is 1. The van der Waals surface area contributed by atoms with E-state index in [0.29, 0.717) is 0 Å². The average molecular weight is 323 g/mol. The normalized spacial score (nSPS) is 18.5. The Morgan fingerprint density at radius 2 is 1.88 bits per heavy atom. The first-order valence-corrected chi connectivity index (χ1v) is 9.69. The van der Waals surface area contributed by atoms with Crippen LogP contribution in [0.5, 0.6) is 0 Å². The second-order valence-electron chi connectivity index (χ2n) is 7.47. The van der Waals surface area contributed by atoms with Gasteiger partial charge < -0.3 is 10.2 Å². The highest BCUT2D eigenvalue weighted by Crippen LogP contribution is 2.33. The van der Waals surface area contributed by atoms with E-state index in [1.807, 2.05) is 0 Å². The molecule has 1 N–H and O–H groups in total. The predicted molar refractivity (Wildman–Crippen MR) is 102 cm³/mol. The van der Waals surface area contributed by atoms with E-state index < -0.39 is 0 Å². The van der Waals surface area contributed by atoms with Crippen LogP contribution < -0.4 is 5.32 Å². The van der Waals surface area contributed by atoms with Crippen molar-refractivity contribution in [2.24, 2.45) is 0 Å². The van der Waals surface area contributed by atoms with Crippen LogP contribution in [0.15, 0.2) is 18.2 Å². The topological polar surface area (TPSA) is 28.2 Å². The Hall–Kier alpha value is -1.61. The molecule has 1 aromatic carbocycles. The third kappa shape index (κ3) is 3.27. The molecular weight excluding hydrogens is 294 g/mol. The summed E-state index contributed by atoms with van der Waals surface area (Å²) in [7, 11) is 0. The van der Waals surface area contributed by atoms with Crippen molar-refractivity contribution in [2.75, 3.05) is 31.5 Å². The Bertz CT molecular complexity index is 717. The van der Waals surface area contributed by atoms with Crippen LogP contribution in [0.25, 0.3) is 10.9 Å². The van der Waals surface area contributed by atoms with Gasteiger partial charge in [-0.05, 0) is 76.2 Å². The largest absolute Gasteiger partial charge is 0.383 e. The molecule has 128 valence electrons. The van der Waals surface area contributed by atoms with E-state index in [9.17, 15) is 0 Å². The molecule has 1 saturated heterocycles. The van der Waals surface area contributed by atoms with Crippen molar-refractivity contribution >= 4 is 16.6 Å². The molecule has 1 aliphatic carbocycles. The third-order valence-corrected chi connectivity index (χ3v) is 5.60. The van der Waals surface area contributed by atoms with Gasteiger partial charge in [-0.1, -0.05) is 18.1 Å². The summed E-state index contributed by atoms with van der Waals surface area (Å²) >= 11 is 0. The van der Waals surface area contributed by atoms with Gasteiger partial charge in [0.25, 0.3) is 0 Å². The quantitative estimate of drug-likeness (QED) is 0.908. The van der Waals surface area contributed by atoms with Crippen molar-refractivity contribution in [1.82, 2.24) is 9.88 Å². The van der Waals surface area contributed by atoms with Crippen LogP contribution in [0.4, 0.5) is 5.69 Å². The molecule has 0 radical (unpaired) electrons. The number of anilines is 1. The van der Waals surface area contributed by atoms with Gasteiger partial charge in [0.15, 0.2) is 0 Å². The van der Waals surface area contributed by atoms with Gasteiger partial charge in [0.1, 0.15) is 0 Å². The molecule has 24 heavy (non-hydrogen) atoms. The predicted octanol–water partition coefficient (Wildman–Crippen LogP) is 4.32. The first kappa shape index (κ1) is 15.9. The number of rotatable bonds is 4. The molecular formula is C21H29N3. The summed E-state index contributed by atoms with van der Waals surface area (Å²) in [4.78, 5) is 7.57. The van der Waals surface area contributed by atoms with Crippen molar-refractivity contribution in [1.29, 1.82) is 0 Å². The van der Waals surface area contributed by atoms with Crippen LogP contribution in [0.1, 0.15) is 48.9 Å². The Balaban J connectivity index is 1.60. The summed E-state index contributed by atoms with van der Waals surface area (Å²) in [5, 5.41) is 5.12. The molecule has 1 aliphatic heterocycles. The summed E-state index contributed by atoms with van der Waals surface area (Å²) < 4.78 is 0. The molecule has 2 aliphatic rings. The maximum atomic E-state index is 4.97. The molecule has 0 spiro atoms. The van der Waals surface area contributed by atoms with E-state index in [-0.39, 0.29) is 0 Å². The smallest absolute Gasteiger partial charge is 0.0726 e. The van der Waals surface area contributed by atoms with Gasteiger partial charge in [0.05, 0.1) is 5.52 Å². The number of benzene rings is 1. The van der Waals surface area contributed by atoms with E-state index in [2.05, 4.69) is 35.3 Å². The molecule has 1 fully saturated rings. The fraction of sp³-hybridized carbons (Fsp3) is 0.571. The molecule has 0 bridgehead atoms. The summed E-state index contributed by atoms with van der Waals surface area (Å²) in [6, 6.07) is 6.68. The molecule has 3 nitrogen and oxygen atoms in total. The summed E-state index contributed by atoms with van der Waals surface area (Å²) in [6.07, 6.45) is 9.04. The van der Waals surface area contributed by atoms with Crippen LogP contribution in [-0.2, 0) is 12.8 Å². The highest BCUT2D eigenvalue weighted by molar-refractivity contribution is 5.94. The number of fused-ring (bicyclic) bond motifs is 2. The fourth-order valence-corrected chi connectivity index (χ4v) is 4.26. The number of nitrogens with one attached hydrogen (secondary N) is 1. The molecule has 2 aromatic rings. The Labute approximate surface area is 145 Å². The van der Waals surface area contributed by atoms with E-state index in [1.54, 1.807) is 0 Å². The second-order valence-corrected chi connectivity index (χ2v) is 7.47. The van der Waals surface area contributed by atoms with E-state index >= 15 is 0 Å². The molecule has 1 aromatic heterocycles. The Morgan fingerprint density at radius 1 is 1.04 bits per heavy atom. The van der Waals surface area contributed by atoms with Gasteiger partial charge in [0, 0.05) is 29.9 Å².